The Hall–Kier alpha value is -1.75. The molecule has 10 heteroatoms. The van der Waals surface area contributed by atoms with Gasteiger partial charge in [0.1, 0.15) is 4.21 Å². The van der Waals surface area contributed by atoms with E-state index >= 15 is 0 Å². The van der Waals surface area contributed by atoms with Crippen LogP contribution in [0.4, 0.5) is 5.82 Å². The standard InChI is InChI=1S/C17H25N5O3S2/c1-20(2)11-12-21-10-7-15(19-21)18-16(23)13-14-5-6-17(26-14)27(24,25)22-8-3-4-9-22/h5-7,10H,3-4,8-9,11-13H2,1-2H3,(H,18,19,23). The first-order chi connectivity index (χ1) is 12.8. The van der Waals surface area contributed by atoms with Gasteiger partial charge in [0.15, 0.2) is 5.82 Å². The summed E-state index contributed by atoms with van der Waals surface area (Å²) in [5.74, 6) is 0.292. The molecule has 1 aliphatic heterocycles. The molecule has 27 heavy (non-hydrogen) atoms. The minimum absolute atomic E-state index is 0.130. The molecule has 3 rings (SSSR count). The molecule has 1 fully saturated rings. The van der Waals surface area contributed by atoms with Gasteiger partial charge < -0.3 is 10.2 Å². The number of carbonyl (C=O) groups is 1. The number of carbonyl (C=O) groups excluding carboxylic acids is 1. The van der Waals surface area contributed by atoms with Gasteiger partial charge in [-0.3, -0.25) is 9.48 Å². The summed E-state index contributed by atoms with van der Waals surface area (Å²) in [6.07, 6.45) is 3.76. The summed E-state index contributed by atoms with van der Waals surface area (Å²) >= 11 is 1.16. The van der Waals surface area contributed by atoms with E-state index in [4.69, 9.17) is 0 Å². The average Bonchev–Trinajstić information content (AvgIpc) is 3.35. The summed E-state index contributed by atoms with van der Waals surface area (Å²) in [7, 11) is 0.561. The maximum absolute atomic E-state index is 12.6. The molecule has 0 bridgehead atoms. The number of anilines is 1. The van der Waals surface area contributed by atoms with Crippen LogP contribution in [-0.2, 0) is 27.8 Å². The number of hydrogen-bond acceptors (Lipinski definition) is 6. The minimum atomic E-state index is -3.42. The van der Waals surface area contributed by atoms with Gasteiger partial charge in [-0.05, 0) is 39.1 Å². The Morgan fingerprint density at radius 1 is 1.26 bits per heavy atom. The quantitative estimate of drug-likeness (QED) is 0.711. The molecule has 2 aromatic heterocycles. The second-order valence-electron chi connectivity index (χ2n) is 6.82. The van der Waals surface area contributed by atoms with E-state index in [-0.39, 0.29) is 12.3 Å². The number of thiophene rings is 1. The summed E-state index contributed by atoms with van der Waals surface area (Å²) < 4.78 is 28.7. The third-order valence-electron chi connectivity index (χ3n) is 4.32. The Morgan fingerprint density at radius 3 is 2.70 bits per heavy atom. The highest BCUT2D eigenvalue weighted by Gasteiger charge is 2.28. The zero-order valence-corrected chi connectivity index (χ0v) is 17.2. The molecule has 2 aromatic rings. The number of sulfonamides is 1. The first-order valence-corrected chi connectivity index (χ1v) is 11.2. The Balaban J connectivity index is 1.56. The number of nitrogens with one attached hydrogen (secondary N) is 1. The van der Waals surface area contributed by atoms with Crippen LogP contribution in [0.1, 0.15) is 17.7 Å². The van der Waals surface area contributed by atoms with Crippen LogP contribution in [0.5, 0.6) is 0 Å². The van der Waals surface area contributed by atoms with E-state index in [2.05, 4.69) is 15.3 Å². The van der Waals surface area contributed by atoms with Crippen molar-refractivity contribution in [1.29, 1.82) is 0 Å². The van der Waals surface area contributed by atoms with E-state index in [1.165, 1.54) is 4.31 Å². The SMILES string of the molecule is CN(C)CCn1ccc(NC(=O)Cc2ccc(S(=O)(=O)N3CCCC3)s2)n1. The zero-order valence-electron chi connectivity index (χ0n) is 15.6. The Labute approximate surface area is 163 Å². The van der Waals surface area contributed by atoms with Crippen LogP contribution in [-0.4, -0.2) is 67.0 Å². The molecule has 0 aromatic carbocycles. The van der Waals surface area contributed by atoms with E-state index in [0.717, 1.165) is 42.1 Å². The van der Waals surface area contributed by atoms with E-state index in [1.807, 2.05) is 20.3 Å². The summed E-state index contributed by atoms with van der Waals surface area (Å²) in [5.41, 5.74) is 0. The highest BCUT2D eigenvalue weighted by atomic mass is 32.2. The predicted molar refractivity (Wildman–Crippen MR) is 105 cm³/mol. The largest absolute Gasteiger partial charge is 0.309 e. The lowest BCUT2D eigenvalue weighted by molar-refractivity contribution is -0.115. The molecule has 3 heterocycles. The molecule has 8 nitrogen and oxygen atoms in total. The lowest BCUT2D eigenvalue weighted by atomic mass is 10.3. The third-order valence-corrected chi connectivity index (χ3v) is 7.77. The van der Waals surface area contributed by atoms with Gasteiger partial charge in [0.25, 0.3) is 10.0 Å². The molecule has 148 valence electrons. The van der Waals surface area contributed by atoms with Crippen molar-refractivity contribution >= 4 is 33.1 Å². The normalized spacial score (nSPS) is 15.5. The fraction of sp³-hybridized carbons (Fsp3) is 0.529. The van der Waals surface area contributed by atoms with Crippen LogP contribution >= 0.6 is 11.3 Å². The predicted octanol–water partition coefficient (Wildman–Crippen LogP) is 1.47. The molecule has 1 N–H and O–H groups in total. The lowest BCUT2D eigenvalue weighted by Gasteiger charge is -2.13. The van der Waals surface area contributed by atoms with Crippen molar-refractivity contribution in [3.8, 4) is 0 Å². The first-order valence-electron chi connectivity index (χ1n) is 8.91. The van der Waals surface area contributed by atoms with Crippen LogP contribution in [0.25, 0.3) is 0 Å². The zero-order chi connectivity index (χ0) is 19.4. The van der Waals surface area contributed by atoms with Gasteiger partial charge in [-0.1, -0.05) is 0 Å². The summed E-state index contributed by atoms with van der Waals surface area (Å²) in [4.78, 5) is 15.0. The van der Waals surface area contributed by atoms with Crippen molar-refractivity contribution in [3.63, 3.8) is 0 Å². The van der Waals surface area contributed by atoms with Crippen LogP contribution in [0.3, 0.4) is 0 Å². The van der Waals surface area contributed by atoms with E-state index in [1.54, 1.807) is 22.9 Å². The second kappa shape index (κ2) is 8.51. The second-order valence-corrected chi connectivity index (χ2v) is 10.2. The minimum Gasteiger partial charge on any atom is -0.309 e. The number of rotatable bonds is 8. The van der Waals surface area contributed by atoms with Crippen molar-refractivity contribution in [1.82, 2.24) is 19.0 Å². The van der Waals surface area contributed by atoms with Gasteiger partial charge in [-0.2, -0.15) is 9.40 Å². The van der Waals surface area contributed by atoms with Crippen LogP contribution in [0.15, 0.2) is 28.6 Å². The Kier molecular flexibility index (Phi) is 6.30. The number of hydrogen-bond donors (Lipinski definition) is 1. The monoisotopic (exact) mass is 411 g/mol. The molecule has 1 aliphatic rings. The molecule has 0 atom stereocenters. The van der Waals surface area contributed by atoms with Crippen molar-refractivity contribution in [3.05, 3.63) is 29.3 Å². The number of amides is 1. The number of likely N-dealkylation sites (N-methyl/N-ethyl adjacent to an activating group) is 1. The fourth-order valence-electron chi connectivity index (χ4n) is 2.85. The maximum atomic E-state index is 12.6. The van der Waals surface area contributed by atoms with E-state index in [9.17, 15) is 13.2 Å². The molecule has 0 saturated carbocycles. The molecule has 0 radical (unpaired) electrons. The van der Waals surface area contributed by atoms with Crippen LogP contribution in [0.2, 0.25) is 0 Å². The van der Waals surface area contributed by atoms with Gasteiger partial charge in [-0.15, -0.1) is 11.3 Å². The summed E-state index contributed by atoms with van der Waals surface area (Å²) in [6, 6.07) is 5.06. The molecule has 1 saturated heterocycles. The molecule has 0 spiro atoms. The molecule has 0 aliphatic carbocycles. The number of nitrogens with zero attached hydrogens (tertiary/aromatic N) is 4. The van der Waals surface area contributed by atoms with Crippen molar-refractivity contribution < 1.29 is 13.2 Å². The van der Waals surface area contributed by atoms with Gasteiger partial charge in [-0.25, -0.2) is 8.42 Å². The Bertz CT molecular complexity index is 882. The summed E-state index contributed by atoms with van der Waals surface area (Å²) in [5, 5.41) is 7.08. The number of aromatic nitrogens is 2. The topological polar surface area (TPSA) is 87.5 Å². The molecule has 1 amide bonds. The van der Waals surface area contributed by atoms with Gasteiger partial charge in [0.2, 0.25) is 5.91 Å². The smallest absolute Gasteiger partial charge is 0.252 e. The third kappa shape index (κ3) is 5.16. The molecular weight excluding hydrogens is 386 g/mol. The van der Waals surface area contributed by atoms with Crippen molar-refractivity contribution in [2.24, 2.45) is 0 Å². The summed E-state index contributed by atoms with van der Waals surface area (Å²) in [6.45, 7) is 2.75. The highest BCUT2D eigenvalue weighted by molar-refractivity contribution is 7.91. The van der Waals surface area contributed by atoms with Crippen molar-refractivity contribution in [2.45, 2.75) is 30.0 Å². The molecule has 0 unspecified atom stereocenters. The van der Waals surface area contributed by atoms with Gasteiger partial charge in [0, 0.05) is 36.8 Å². The van der Waals surface area contributed by atoms with Crippen molar-refractivity contribution in [2.75, 3.05) is 39.0 Å². The van der Waals surface area contributed by atoms with Gasteiger partial charge >= 0.3 is 0 Å². The van der Waals surface area contributed by atoms with E-state index in [0.29, 0.717) is 23.1 Å². The average molecular weight is 412 g/mol. The van der Waals surface area contributed by atoms with Crippen LogP contribution < -0.4 is 5.32 Å². The molecular formula is C17H25N5O3S2. The lowest BCUT2D eigenvalue weighted by Crippen LogP contribution is -2.27. The fourth-order valence-corrected chi connectivity index (χ4v) is 5.87. The Morgan fingerprint density at radius 2 is 2.00 bits per heavy atom. The first kappa shape index (κ1) is 20.0. The highest BCUT2D eigenvalue weighted by Crippen LogP contribution is 2.27. The van der Waals surface area contributed by atoms with E-state index < -0.39 is 10.0 Å². The maximum Gasteiger partial charge on any atom is 0.252 e. The van der Waals surface area contributed by atoms with Gasteiger partial charge in [0.05, 0.1) is 13.0 Å². The van der Waals surface area contributed by atoms with Crippen LogP contribution in [0, 0.1) is 0 Å².